The molecule has 1 N–H and O–H groups in total. The van der Waals surface area contributed by atoms with Gasteiger partial charge in [-0.05, 0) is 204 Å². The predicted octanol–water partition coefficient (Wildman–Crippen LogP) is 15.6. The first kappa shape index (κ1) is 94.0. The normalized spacial score (nSPS) is 27.9. The highest BCUT2D eigenvalue weighted by Gasteiger charge is 2.84. The Labute approximate surface area is 656 Å². The quantitative estimate of drug-likeness (QED) is 0.0119. The fourth-order valence-electron chi connectivity index (χ4n) is 16.9. The highest BCUT2D eigenvalue weighted by atomic mass is 32.2. The second-order valence-electron chi connectivity index (χ2n) is 32.9. The molecule has 10 unspecified atom stereocenters. The number of methoxy groups -OCH3 is 3. The van der Waals surface area contributed by atoms with Gasteiger partial charge in [0, 0.05) is 53.3 Å². The number of halogens is 9. The van der Waals surface area contributed by atoms with E-state index in [1.807, 2.05) is 55.4 Å². The zero-order valence-corrected chi connectivity index (χ0v) is 68.3. The van der Waals surface area contributed by atoms with Gasteiger partial charge in [-0.3, -0.25) is 24.1 Å². The summed E-state index contributed by atoms with van der Waals surface area (Å²) in [4.78, 5) is 54.9. The first-order chi connectivity index (χ1) is 52.4. The number of benzene rings is 3. The van der Waals surface area contributed by atoms with E-state index < -0.39 is 62.0 Å². The first-order valence-electron chi connectivity index (χ1n) is 38.6. The van der Waals surface area contributed by atoms with Gasteiger partial charge >= 0.3 is 47.2 Å². The summed E-state index contributed by atoms with van der Waals surface area (Å²) in [7, 11) is -2.61. The predicted molar refractivity (Wildman–Crippen MR) is 395 cm³/mol. The van der Waals surface area contributed by atoms with Crippen LogP contribution in [-0.2, 0) is 92.3 Å². The standard InChI is InChI=1S/C18H30O2.C18H15S.C16H26O3.C13H18O5.C12H27NO6.C4HF9O3S/c1-5-15-14-8-12-7-13(9-14)11-18(15,10-12)20-16(19)17(3,4)6-2;1-4-10-16(11-5-1)19(17-12-6-2-7-13-17)18-14-8-3-9-15-18;1-4-14(2,3)13(17)19-16-8-11-5-12(9-16)7-15(18,6-11)10-16;1-4-13(2,3)12(15)18-9-7-5-6-8(16-7)10(9)17-11(6)14;1-14-10-17-7-4-13(5-8-18-11-15-2)6-9-19-12-16-3;5-1(6,3(9,10)11)2(7,8)4(12,13)17(14,15)16/h12-15H,5-11H2,1-4H3;1-15H;11-12,18H,4-10H2,1-3H3;6-10H,4-5H2,1-3H3;4-12H2,1-3H3;(H,14,15,16)/q;+1;;;;/p-1. The van der Waals surface area contributed by atoms with Gasteiger partial charge in [0.25, 0.3) is 0 Å². The molecule has 112 heavy (non-hydrogen) atoms. The Balaban J connectivity index is 0.000000187. The van der Waals surface area contributed by atoms with Crippen molar-refractivity contribution in [2.75, 3.05) is 81.2 Å². The lowest BCUT2D eigenvalue weighted by Gasteiger charge is -2.60. The van der Waals surface area contributed by atoms with Crippen LogP contribution in [0.3, 0.4) is 0 Å². The molecule has 0 spiro atoms. The molecule has 0 radical (unpaired) electrons. The molecule has 0 aromatic heterocycles. The summed E-state index contributed by atoms with van der Waals surface area (Å²) in [6.45, 7) is 25.2. The van der Waals surface area contributed by atoms with Crippen LogP contribution in [0.15, 0.2) is 106 Å². The van der Waals surface area contributed by atoms with Gasteiger partial charge in [-0.25, -0.2) is 8.42 Å². The van der Waals surface area contributed by atoms with Crippen LogP contribution in [0.2, 0.25) is 0 Å². The van der Waals surface area contributed by atoms with Crippen molar-refractivity contribution in [1.29, 1.82) is 0 Å². The largest absolute Gasteiger partial charge is 0.743 e. The topological polar surface area (TPSA) is 250 Å². The number of aliphatic hydroxyl groups is 1. The maximum atomic E-state index is 12.6. The van der Waals surface area contributed by atoms with Crippen LogP contribution in [0.1, 0.15) is 172 Å². The molecule has 11 aliphatic rings. The Bertz CT molecular complexity index is 3430. The molecule has 3 heterocycles. The van der Waals surface area contributed by atoms with Gasteiger partial charge in [0.15, 0.2) is 37.0 Å². The summed E-state index contributed by atoms with van der Waals surface area (Å²) in [5.41, 5.74) is -2.27. The van der Waals surface area contributed by atoms with Crippen molar-refractivity contribution in [2.45, 2.75) is 251 Å². The van der Waals surface area contributed by atoms with E-state index >= 15 is 0 Å². The zero-order chi connectivity index (χ0) is 83.1. The lowest BCUT2D eigenvalue weighted by atomic mass is 9.49. The highest BCUT2D eigenvalue weighted by Crippen LogP contribution is 2.62. The van der Waals surface area contributed by atoms with Crippen molar-refractivity contribution in [1.82, 2.24) is 4.90 Å². The van der Waals surface area contributed by atoms with E-state index in [9.17, 15) is 76.8 Å². The minimum Gasteiger partial charge on any atom is -0.743 e. The molecule has 31 heteroatoms. The molecular weight excluding hydrogens is 1530 g/mol. The maximum Gasteiger partial charge on any atom is 0.460 e. The Hall–Kier alpha value is -5.19. The van der Waals surface area contributed by atoms with Crippen LogP contribution in [0.25, 0.3) is 0 Å². The molecule has 10 atom stereocenters. The minimum absolute atomic E-state index is 0.0146. The highest BCUT2D eigenvalue weighted by molar-refractivity contribution is 7.97. The Morgan fingerprint density at radius 1 is 0.562 bits per heavy atom. The number of nitrogens with zero attached hydrogens (tertiary/aromatic N) is 1. The number of carbonyl (C=O) groups excluding carboxylic acids is 4. The Kier molecular flexibility index (Phi) is 33.0. The number of carbonyl (C=O) groups is 4. The summed E-state index contributed by atoms with van der Waals surface area (Å²) in [5.74, 6) is -11.2. The van der Waals surface area contributed by atoms with E-state index in [1.165, 1.54) is 46.8 Å². The fourth-order valence-corrected chi connectivity index (χ4v) is 19.4. The van der Waals surface area contributed by atoms with Gasteiger partial charge < -0.3 is 61.8 Å². The summed E-state index contributed by atoms with van der Waals surface area (Å²) < 4.78 is 194. The molecular formula is C81H116F9NO19S2. The third kappa shape index (κ3) is 23.0. The van der Waals surface area contributed by atoms with E-state index in [1.54, 1.807) is 21.3 Å². The van der Waals surface area contributed by atoms with Crippen molar-refractivity contribution in [2.24, 2.45) is 57.7 Å². The average Bonchev–Trinajstić information content (AvgIpc) is 0.967. The third-order valence-corrected chi connectivity index (χ3v) is 26.6. The molecule has 20 nitrogen and oxygen atoms in total. The van der Waals surface area contributed by atoms with E-state index in [2.05, 4.69) is 110 Å². The van der Waals surface area contributed by atoms with Crippen molar-refractivity contribution in [3.8, 4) is 0 Å². The zero-order valence-electron chi connectivity index (χ0n) is 66.6. The van der Waals surface area contributed by atoms with Crippen molar-refractivity contribution in [3.05, 3.63) is 91.0 Å². The molecule has 0 amide bonds. The van der Waals surface area contributed by atoms with Crippen LogP contribution in [0.5, 0.6) is 0 Å². The number of rotatable bonds is 31. The molecule has 8 aliphatic carbocycles. The van der Waals surface area contributed by atoms with Gasteiger partial charge in [-0.1, -0.05) is 82.3 Å². The van der Waals surface area contributed by atoms with Crippen LogP contribution in [0, 0.1) is 57.7 Å². The van der Waals surface area contributed by atoms with E-state index in [-0.39, 0.29) is 69.5 Å². The van der Waals surface area contributed by atoms with Gasteiger partial charge in [-0.15, -0.1) is 0 Å². The Morgan fingerprint density at radius 3 is 1.36 bits per heavy atom. The lowest BCUT2D eigenvalue weighted by Crippen LogP contribution is -2.63. The number of hydrogen-bond acceptors (Lipinski definition) is 20. The third-order valence-electron chi connectivity index (χ3n) is 23.4. The molecule has 634 valence electrons. The molecule has 3 saturated heterocycles. The molecule has 11 fully saturated rings. The monoisotopic (exact) mass is 1640 g/mol. The number of fused-ring (bicyclic) bond motifs is 1. The minimum atomic E-state index is -7.43. The van der Waals surface area contributed by atoms with Crippen LogP contribution < -0.4 is 0 Å². The summed E-state index contributed by atoms with van der Waals surface area (Å²) in [5, 5.41) is 3.54. The number of esters is 4. The van der Waals surface area contributed by atoms with Gasteiger partial charge in [0.1, 0.15) is 37.7 Å². The number of alkyl halides is 9. The second kappa shape index (κ2) is 39.4. The van der Waals surface area contributed by atoms with Crippen LogP contribution in [0.4, 0.5) is 39.5 Å². The van der Waals surface area contributed by atoms with Gasteiger partial charge in [-0.2, -0.15) is 39.5 Å². The average molecular weight is 1640 g/mol. The van der Waals surface area contributed by atoms with E-state index in [0.29, 0.717) is 77.2 Å². The molecule has 8 saturated carbocycles. The van der Waals surface area contributed by atoms with Crippen LogP contribution >= 0.6 is 0 Å². The van der Waals surface area contributed by atoms with Crippen molar-refractivity contribution < 1.29 is 129 Å². The lowest BCUT2D eigenvalue weighted by molar-refractivity contribution is -0.382. The molecule has 10 bridgehead atoms. The maximum absolute atomic E-state index is 12.6. The van der Waals surface area contributed by atoms with E-state index in [0.717, 1.165) is 88.8 Å². The first-order valence-corrected chi connectivity index (χ1v) is 41.3. The summed E-state index contributed by atoms with van der Waals surface area (Å²) in [6.07, 6.45) is 7.92. The van der Waals surface area contributed by atoms with Crippen molar-refractivity contribution in [3.63, 3.8) is 0 Å². The second-order valence-corrected chi connectivity index (χ2v) is 36.4. The molecule has 14 rings (SSSR count). The Morgan fingerprint density at radius 2 is 0.973 bits per heavy atom. The van der Waals surface area contributed by atoms with Gasteiger partial charge in [0.2, 0.25) is 0 Å². The summed E-state index contributed by atoms with van der Waals surface area (Å²) >= 11 is 0. The van der Waals surface area contributed by atoms with Gasteiger partial charge in [0.05, 0.1) is 64.6 Å². The smallest absolute Gasteiger partial charge is 0.460 e. The molecule has 3 aromatic rings. The van der Waals surface area contributed by atoms with E-state index in [4.69, 9.17) is 52.1 Å². The molecule has 3 aliphatic heterocycles. The summed E-state index contributed by atoms with van der Waals surface area (Å²) in [6, 6.07) is 32.2. The molecule has 3 aromatic carbocycles. The number of hydrogen-bond donors (Lipinski definition) is 1. The fraction of sp³-hybridized carbons (Fsp3) is 0.728. The van der Waals surface area contributed by atoms with Crippen molar-refractivity contribution >= 4 is 44.9 Å². The SMILES string of the molecule is CCC(C)(C)C(=O)OC12CC3CC(CC(O)(C3)C1)C2.CCC(C)(C)C(=O)OC1C2CC3C(=O)OC1C3O2.CCC1C2CC3CC(C2)CC1(OC(=O)C(C)(C)CC)C3.COCOCCN(CCOCOC)CCOCOC.O=S(=O)([O-])C(F)(F)C(F)(F)C(F)(F)C(F)(F)F.c1ccc([S+](c2ccccc2)c2ccccc2)cc1. The number of ether oxygens (including phenoxy) is 11. The van der Waals surface area contributed by atoms with Crippen LogP contribution in [-0.4, -0.2) is 193 Å².